The van der Waals surface area contributed by atoms with Gasteiger partial charge in [0.1, 0.15) is 6.04 Å². The topological polar surface area (TPSA) is 65.4 Å². The minimum atomic E-state index is -0.325. The van der Waals surface area contributed by atoms with E-state index in [1.54, 1.807) is 4.90 Å². The summed E-state index contributed by atoms with van der Waals surface area (Å²) >= 11 is 0. The van der Waals surface area contributed by atoms with E-state index in [2.05, 4.69) is 11.4 Å². The first kappa shape index (κ1) is 12.3. The van der Waals surface area contributed by atoms with Crippen LogP contribution in [0, 0.1) is 17.2 Å². The molecule has 5 heteroatoms. The number of carbonyl (C=O) groups excluding carboxylic acids is 1. The Morgan fingerprint density at radius 2 is 2.47 bits per heavy atom. The molecule has 0 aromatic heterocycles. The molecule has 2 heterocycles. The fraction of sp³-hybridized carbons (Fsp3) is 0.833. The van der Waals surface area contributed by atoms with E-state index in [9.17, 15) is 4.79 Å². The molecular formula is C12H19N3O2. The van der Waals surface area contributed by atoms with Crippen LogP contribution in [0.25, 0.3) is 0 Å². The highest BCUT2D eigenvalue weighted by atomic mass is 16.5. The molecular weight excluding hydrogens is 218 g/mol. The maximum absolute atomic E-state index is 12.4. The summed E-state index contributed by atoms with van der Waals surface area (Å²) < 4.78 is 5.55. The van der Waals surface area contributed by atoms with Crippen LogP contribution in [-0.4, -0.2) is 49.2 Å². The fourth-order valence-corrected chi connectivity index (χ4v) is 2.63. The van der Waals surface area contributed by atoms with Gasteiger partial charge < -0.3 is 15.0 Å². The van der Waals surface area contributed by atoms with Gasteiger partial charge in [-0.2, -0.15) is 5.26 Å². The van der Waals surface area contributed by atoms with Crippen molar-refractivity contribution in [3.05, 3.63) is 0 Å². The standard InChI is InChI=1S/C12H19N3O2/c1-2-11-10(3-6-17-11)12(16)15-5-4-14-8-9(15)7-13/h9-11,14H,2-6,8H2,1H3. The Bertz CT molecular complexity index is 326. The van der Waals surface area contributed by atoms with Crippen LogP contribution >= 0.6 is 0 Å². The van der Waals surface area contributed by atoms with Crippen LogP contribution in [0.4, 0.5) is 0 Å². The first-order valence-corrected chi connectivity index (χ1v) is 6.30. The van der Waals surface area contributed by atoms with Gasteiger partial charge in [0.25, 0.3) is 0 Å². The third-order valence-corrected chi connectivity index (χ3v) is 3.60. The van der Waals surface area contributed by atoms with Crippen LogP contribution in [0.15, 0.2) is 0 Å². The molecule has 2 rings (SSSR count). The lowest BCUT2D eigenvalue weighted by Crippen LogP contribution is -2.55. The average Bonchev–Trinajstić information content (AvgIpc) is 2.86. The summed E-state index contributed by atoms with van der Waals surface area (Å²) in [6.07, 6.45) is 1.69. The molecule has 0 saturated carbocycles. The van der Waals surface area contributed by atoms with Gasteiger partial charge >= 0.3 is 0 Å². The summed E-state index contributed by atoms with van der Waals surface area (Å²) in [6, 6.07) is 1.87. The van der Waals surface area contributed by atoms with Crippen molar-refractivity contribution >= 4 is 5.91 Å². The number of nitriles is 1. The molecule has 0 aliphatic carbocycles. The van der Waals surface area contributed by atoms with Crippen LogP contribution in [-0.2, 0) is 9.53 Å². The van der Waals surface area contributed by atoms with Crippen molar-refractivity contribution in [3.63, 3.8) is 0 Å². The van der Waals surface area contributed by atoms with Crippen LogP contribution in [0.5, 0.6) is 0 Å². The van der Waals surface area contributed by atoms with E-state index in [-0.39, 0.29) is 24.0 Å². The minimum absolute atomic E-state index is 0.0386. The van der Waals surface area contributed by atoms with E-state index in [1.165, 1.54) is 0 Å². The Kier molecular flexibility index (Phi) is 3.97. The van der Waals surface area contributed by atoms with Crippen LogP contribution < -0.4 is 5.32 Å². The van der Waals surface area contributed by atoms with Gasteiger partial charge in [0.05, 0.1) is 18.1 Å². The highest BCUT2D eigenvalue weighted by Crippen LogP contribution is 2.26. The highest BCUT2D eigenvalue weighted by Gasteiger charge is 2.38. The van der Waals surface area contributed by atoms with Crippen LogP contribution in [0.1, 0.15) is 19.8 Å². The molecule has 1 amide bonds. The van der Waals surface area contributed by atoms with Gasteiger partial charge in [0.15, 0.2) is 0 Å². The Morgan fingerprint density at radius 3 is 3.18 bits per heavy atom. The molecule has 94 valence electrons. The van der Waals surface area contributed by atoms with Gasteiger partial charge in [-0.1, -0.05) is 6.92 Å². The number of nitrogens with zero attached hydrogens (tertiary/aromatic N) is 2. The number of ether oxygens (including phenoxy) is 1. The average molecular weight is 237 g/mol. The number of rotatable bonds is 2. The van der Waals surface area contributed by atoms with Crippen molar-refractivity contribution in [2.75, 3.05) is 26.2 Å². The summed E-state index contributed by atoms with van der Waals surface area (Å²) in [6.45, 7) is 4.68. The molecule has 0 spiro atoms. The van der Waals surface area contributed by atoms with Crippen molar-refractivity contribution < 1.29 is 9.53 Å². The molecule has 0 radical (unpaired) electrons. The predicted molar refractivity (Wildman–Crippen MR) is 62.1 cm³/mol. The third-order valence-electron chi connectivity index (χ3n) is 3.60. The smallest absolute Gasteiger partial charge is 0.229 e. The summed E-state index contributed by atoms with van der Waals surface area (Å²) in [7, 11) is 0. The van der Waals surface area contributed by atoms with Crippen LogP contribution in [0.2, 0.25) is 0 Å². The lowest BCUT2D eigenvalue weighted by molar-refractivity contribution is -0.139. The quantitative estimate of drug-likeness (QED) is 0.741. The molecule has 0 aromatic rings. The summed E-state index contributed by atoms with van der Waals surface area (Å²) in [5, 5.41) is 12.2. The predicted octanol–water partition coefficient (Wildman–Crippen LogP) is 0.125. The Labute approximate surface area is 102 Å². The molecule has 2 saturated heterocycles. The molecule has 0 aromatic carbocycles. The Morgan fingerprint density at radius 1 is 1.65 bits per heavy atom. The number of hydrogen-bond donors (Lipinski definition) is 1. The summed E-state index contributed by atoms with van der Waals surface area (Å²) in [5.74, 6) is 0.0522. The van der Waals surface area contributed by atoms with E-state index >= 15 is 0 Å². The first-order chi connectivity index (χ1) is 8.27. The number of carbonyl (C=O) groups is 1. The van der Waals surface area contributed by atoms with Crippen molar-refractivity contribution in [3.8, 4) is 6.07 Å². The molecule has 2 aliphatic heterocycles. The molecule has 2 aliphatic rings. The number of nitrogens with one attached hydrogen (secondary N) is 1. The summed E-state index contributed by atoms with van der Waals surface area (Å²) in [4.78, 5) is 14.1. The highest BCUT2D eigenvalue weighted by molar-refractivity contribution is 5.80. The lowest BCUT2D eigenvalue weighted by atomic mass is 9.96. The Balaban J connectivity index is 2.05. The maximum atomic E-state index is 12.4. The fourth-order valence-electron chi connectivity index (χ4n) is 2.63. The monoisotopic (exact) mass is 237 g/mol. The van der Waals surface area contributed by atoms with Crippen molar-refractivity contribution in [2.45, 2.75) is 31.9 Å². The first-order valence-electron chi connectivity index (χ1n) is 6.30. The zero-order valence-corrected chi connectivity index (χ0v) is 10.2. The molecule has 5 nitrogen and oxygen atoms in total. The Hall–Kier alpha value is -1.12. The molecule has 2 fully saturated rings. The van der Waals surface area contributed by atoms with E-state index in [0.717, 1.165) is 19.4 Å². The molecule has 3 unspecified atom stereocenters. The van der Waals surface area contributed by atoms with E-state index in [0.29, 0.717) is 19.7 Å². The van der Waals surface area contributed by atoms with Crippen molar-refractivity contribution in [1.82, 2.24) is 10.2 Å². The van der Waals surface area contributed by atoms with E-state index < -0.39 is 0 Å². The minimum Gasteiger partial charge on any atom is -0.377 e. The lowest BCUT2D eigenvalue weighted by Gasteiger charge is -2.34. The van der Waals surface area contributed by atoms with Crippen LogP contribution in [0.3, 0.4) is 0 Å². The largest absolute Gasteiger partial charge is 0.377 e. The molecule has 1 N–H and O–H groups in total. The number of piperazine rings is 1. The zero-order chi connectivity index (χ0) is 12.3. The zero-order valence-electron chi connectivity index (χ0n) is 10.2. The summed E-state index contributed by atoms with van der Waals surface area (Å²) in [5.41, 5.74) is 0. The SMILES string of the molecule is CCC1OCCC1C(=O)N1CCNCC1C#N. The normalized spacial score (nSPS) is 33.4. The second kappa shape index (κ2) is 5.48. The number of hydrogen-bond acceptors (Lipinski definition) is 4. The second-order valence-electron chi connectivity index (χ2n) is 4.59. The second-order valence-corrected chi connectivity index (χ2v) is 4.59. The molecule has 3 atom stereocenters. The van der Waals surface area contributed by atoms with Gasteiger partial charge in [-0.3, -0.25) is 4.79 Å². The van der Waals surface area contributed by atoms with Gasteiger partial charge in [0, 0.05) is 26.2 Å². The van der Waals surface area contributed by atoms with Gasteiger partial charge in [0.2, 0.25) is 5.91 Å². The third kappa shape index (κ3) is 2.43. The van der Waals surface area contributed by atoms with Gasteiger partial charge in [-0.25, -0.2) is 0 Å². The van der Waals surface area contributed by atoms with Crippen molar-refractivity contribution in [2.24, 2.45) is 5.92 Å². The van der Waals surface area contributed by atoms with E-state index in [4.69, 9.17) is 10.00 Å². The van der Waals surface area contributed by atoms with Gasteiger partial charge in [-0.05, 0) is 12.8 Å². The molecule has 0 bridgehead atoms. The van der Waals surface area contributed by atoms with Gasteiger partial charge in [-0.15, -0.1) is 0 Å². The number of amides is 1. The maximum Gasteiger partial charge on any atom is 0.229 e. The molecule has 17 heavy (non-hydrogen) atoms. The van der Waals surface area contributed by atoms with Crippen molar-refractivity contribution in [1.29, 1.82) is 5.26 Å². The van der Waals surface area contributed by atoms with E-state index in [1.807, 2.05) is 6.92 Å².